The number of nitrogens with one attached hydrogen (secondary N) is 1. The van der Waals surface area contributed by atoms with Crippen LogP contribution in [0.4, 0.5) is 0 Å². The van der Waals surface area contributed by atoms with Crippen LogP contribution in [0.5, 0.6) is 0 Å². The van der Waals surface area contributed by atoms with Gasteiger partial charge in [-0.2, -0.15) is 0 Å². The lowest BCUT2D eigenvalue weighted by atomic mass is 10.1. The van der Waals surface area contributed by atoms with E-state index in [2.05, 4.69) is 15.6 Å². The third-order valence-electron chi connectivity index (χ3n) is 2.07. The molecule has 0 aliphatic rings. The number of hydrogen-bond donors (Lipinski definition) is 2. The smallest absolute Gasteiger partial charge is 0.138 e. The number of rotatable bonds is 4. The fraction of sp³-hybridized carbons (Fsp3) is 0.200. The summed E-state index contributed by atoms with van der Waals surface area (Å²) < 4.78 is 1.60. The first kappa shape index (κ1) is 9.67. The standard InChI is InChI=1S/C10H12N4O/c15-10(9-4-2-1-3-5-9)6-13-14-7-11-12-8-14/h1-5,7-8,10,13,15H,6H2. The average Bonchev–Trinajstić information content (AvgIpc) is 2.80. The zero-order valence-corrected chi connectivity index (χ0v) is 8.11. The second kappa shape index (κ2) is 4.56. The van der Waals surface area contributed by atoms with Crippen LogP contribution < -0.4 is 5.43 Å². The molecule has 5 heteroatoms. The predicted octanol–water partition coefficient (Wildman–Crippen LogP) is 0.555. The van der Waals surface area contributed by atoms with Crippen molar-refractivity contribution in [2.24, 2.45) is 0 Å². The van der Waals surface area contributed by atoms with Crippen molar-refractivity contribution in [3.63, 3.8) is 0 Å². The molecule has 0 aliphatic heterocycles. The van der Waals surface area contributed by atoms with E-state index >= 15 is 0 Å². The van der Waals surface area contributed by atoms with Gasteiger partial charge in [0.2, 0.25) is 0 Å². The molecule has 0 fully saturated rings. The van der Waals surface area contributed by atoms with Crippen LogP contribution in [0.15, 0.2) is 43.0 Å². The van der Waals surface area contributed by atoms with Gasteiger partial charge < -0.3 is 10.5 Å². The van der Waals surface area contributed by atoms with Gasteiger partial charge in [-0.15, -0.1) is 10.2 Å². The molecule has 0 saturated carbocycles. The molecule has 0 aliphatic carbocycles. The Kier molecular flexibility index (Phi) is 2.94. The highest BCUT2D eigenvalue weighted by Gasteiger charge is 2.05. The van der Waals surface area contributed by atoms with Crippen LogP contribution in [0.2, 0.25) is 0 Å². The van der Waals surface area contributed by atoms with E-state index in [0.29, 0.717) is 6.54 Å². The molecule has 0 amide bonds. The van der Waals surface area contributed by atoms with E-state index in [1.807, 2.05) is 30.3 Å². The van der Waals surface area contributed by atoms with E-state index in [0.717, 1.165) is 5.56 Å². The van der Waals surface area contributed by atoms with E-state index in [-0.39, 0.29) is 0 Å². The van der Waals surface area contributed by atoms with Crippen molar-refractivity contribution in [2.75, 3.05) is 12.0 Å². The molecule has 1 aromatic carbocycles. The molecule has 0 spiro atoms. The van der Waals surface area contributed by atoms with Crippen molar-refractivity contribution < 1.29 is 5.11 Å². The highest BCUT2D eigenvalue weighted by Crippen LogP contribution is 2.10. The van der Waals surface area contributed by atoms with Crippen LogP contribution in [0.3, 0.4) is 0 Å². The summed E-state index contributed by atoms with van der Waals surface area (Å²) in [7, 11) is 0. The Morgan fingerprint density at radius 2 is 1.87 bits per heavy atom. The number of nitrogens with zero attached hydrogens (tertiary/aromatic N) is 3. The molecular formula is C10H12N4O. The highest BCUT2D eigenvalue weighted by atomic mass is 16.3. The van der Waals surface area contributed by atoms with Crippen molar-refractivity contribution >= 4 is 0 Å². The van der Waals surface area contributed by atoms with E-state index in [9.17, 15) is 5.11 Å². The number of aromatic nitrogens is 3. The molecular weight excluding hydrogens is 192 g/mol. The van der Waals surface area contributed by atoms with Gasteiger partial charge in [0.1, 0.15) is 12.7 Å². The maximum Gasteiger partial charge on any atom is 0.138 e. The topological polar surface area (TPSA) is 63.0 Å². The van der Waals surface area contributed by atoms with Gasteiger partial charge >= 0.3 is 0 Å². The minimum atomic E-state index is -0.534. The zero-order chi connectivity index (χ0) is 10.5. The van der Waals surface area contributed by atoms with Gasteiger partial charge in [0, 0.05) is 0 Å². The Morgan fingerprint density at radius 1 is 1.20 bits per heavy atom. The van der Waals surface area contributed by atoms with E-state index in [4.69, 9.17) is 0 Å². The summed E-state index contributed by atoms with van der Waals surface area (Å²) in [5, 5.41) is 17.1. The maximum absolute atomic E-state index is 9.80. The summed E-state index contributed by atoms with van der Waals surface area (Å²) in [6, 6.07) is 9.50. The average molecular weight is 204 g/mol. The first-order valence-electron chi connectivity index (χ1n) is 4.68. The quantitative estimate of drug-likeness (QED) is 0.763. The summed E-state index contributed by atoms with van der Waals surface area (Å²) in [4.78, 5) is 0. The molecule has 0 saturated heterocycles. The minimum Gasteiger partial charge on any atom is -0.387 e. The van der Waals surface area contributed by atoms with E-state index in [1.165, 1.54) is 12.7 Å². The summed E-state index contributed by atoms with van der Waals surface area (Å²) in [6.45, 7) is 0.419. The van der Waals surface area contributed by atoms with Gasteiger partial charge in [0.25, 0.3) is 0 Å². The zero-order valence-electron chi connectivity index (χ0n) is 8.11. The van der Waals surface area contributed by atoms with Crippen LogP contribution in [0.25, 0.3) is 0 Å². The summed E-state index contributed by atoms with van der Waals surface area (Å²) in [6.07, 6.45) is 2.55. The predicted molar refractivity (Wildman–Crippen MR) is 55.7 cm³/mol. The van der Waals surface area contributed by atoms with Gasteiger partial charge in [-0.25, -0.2) is 4.68 Å². The van der Waals surface area contributed by atoms with Crippen molar-refractivity contribution in [3.05, 3.63) is 48.5 Å². The lowest BCUT2D eigenvalue weighted by molar-refractivity contribution is 0.188. The monoisotopic (exact) mass is 204 g/mol. The van der Waals surface area contributed by atoms with Crippen molar-refractivity contribution in [3.8, 4) is 0 Å². The maximum atomic E-state index is 9.80. The van der Waals surface area contributed by atoms with Gasteiger partial charge in [0.15, 0.2) is 0 Å². The fourth-order valence-corrected chi connectivity index (χ4v) is 1.27. The molecule has 15 heavy (non-hydrogen) atoms. The molecule has 2 rings (SSSR count). The Bertz CT molecular complexity index is 387. The summed E-state index contributed by atoms with van der Waals surface area (Å²) in [5.74, 6) is 0. The second-order valence-electron chi connectivity index (χ2n) is 3.16. The Morgan fingerprint density at radius 3 is 2.53 bits per heavy atom. The molecule has 78 valence electrons. The molecule has 1 unspecified atom stereocenters. The number of aliphatic hydroxyl groups is 1. The van der Waals surface area contributed by atoms with Crippen LogP contribution in [0.1, 0.15) is 11.7 Å². The third-order valence-corrected chi connectivity index (χ3v) is 2.07. The van der Waals surface area contributed by atoms with Crippen LogP contribution in [0, 0.1) is 0 Å². The third kappa shape index (κ3) is 2.54. The largest absolute Gasteiger partial charge is 0.387 e. The lowest BCUT2D eigenvalue weighted by Crippen LogP contribution is -2.19. The SMILES string of the molecule is OC(CNn1cnnc1)c1ccccc1. The molecule has 1 heterocycles. The Hall–Kier alpha value is -1.88. The first-order valence-corrected chi connectivity index (χ1v) is 4.68. The van der Waals surface area contributed by atoms with E-state index in [1.54, 1.807) is 4.68 Å². The highest BCUT2D eigenvalue weighted by molar-refractivity contribution is 5.17. The van der Waals surface area contributed by atoms with Crippen molar-refractivity contribution in [1.82, 2.24) is 14.9 Å². The van der Waals surface area contributed by atoms with Crippen LogP contribution in [-0.4, -0.2) is 26.5 Å². The second-order valence-corrected chi connectivity index (χ2v) is 3.16. The molecule has 0 radical (unpaired) electrons. The van der Waals surface area contributed by atoms with Crippen molar-refractivity contribution in [1.29, 1.82) is 0 Å². The van der Waals surface area contributed by atoms with Crippen LogP contribution >= 0.6 is 0 Å². The normalized spacial score (nSPS) is 12.3. The van der Waals surface area contributed by atoms with Gasteiger partial charge in [-0.3, -0.25) is 0 Å². The van der Waals surface area contributed by atoms with Gasteiger partial charge in [0.05, 0.1) is 12.6 Å². The van der Waals surface area contributed by atoms with Gasteiger partial charge in [-0.05, 0) is 5.56 Å². The van der Waals surface area contributed by atoms with Crippen molar-refractivity contribution in [2.45, 2.75) is 6.10 Å². The molecule has 2 N–H and O–H groups in total. The Labute approximate surface area is 87.4 Å². The first-order chi connectivity index (χ1) is 7.36. The number of benzene rings is 1. The number of aliphatic hydroxyl groups excluding tert-OH is 1. The van der Waals surface area contributed by atoms with Crippen LogP contribution in [-0.2, 0) is 0 Å². The summed E-state index contributed by atoms with van der Waals surface area (Å²) in [5.41, 5.74) is 3.85. The fourth-order valence-electron chi connectivity index (χ4n) is 1.27. The van der Waals surface area contributed by atoms with E-state index < -0.39 is 6.10 Å². The minimum absolute atomic E-state index is 0.419. The lowest BCUT2D eigenvalue weighted by Gasteiger charge is -2.12. The Balaban J connectivity index is 1.90. The molecule has 5 nitrogen and oxygen atoms in total. The molecule has 0 bridgehead atoms. The van der Waals surface area contributed by atoms with Gasteiger partial charge in [-0.1, -0.05) is 30.3 Å². The molecule has 2 aromatic rings. The summed E-state index contributed by atoms with van der Waals surface area (Å²) >= 11 is 0. The molecule has 1 atom stereocenters. The number of hydrogen-bond acceptors (Lipinski definition) is 4. The molecule has 1 aromatic heterocycles.